The van der Waals surface area contributed by atoms with Crippen molar-refractivity contribution in [3.63, 3.8) is 0 Å². The molecule has 0 aliphatic heterocycles. The molecule has 0 aliphatic carbocycles. The molecule has 3 aromatic heterocycles. The van der Waals surface area contributed by atoms with E-state index in [1.165, 1.54) is 16.5 Å². The fraction of sp³-hybridized carbons (Fsp3) is 0. The minimum atomic E-state index is 0.568. The van der Waals surface area contributed by atoms with E-state index in [4.69, 9.17) is 19.4 Å². The highest BCUT2D eigenvalue weighted by molar-refractivity contribution is 6.22. The highest BCUT2D eigenvalue weighted by Crippen LogP contribution is 2.45. The molecule has 0 fully saturated rings. The van der Waals surface area contributed by atoms with Crippen molar-refractivity contribution in [1.29, 1.82) is 0 Å². The topological polar surface area (TPSA) is 56.7 Å². The molecule has 0 atom stereocenters. The summed E-state index contributed by atoms with van der Waals surface area (Å²) in [6.07, 6.45) is 0. The van der Waals surface area contributed by atoms with Crippen molar-refractivity contribution >= 4 is 43.7 Å². The number of rotatable bonds is 8. The van der Waals surface area contributed by atoms with Crippen LogP contribution in [0.5, 0.6) is 0 Å². The van der Waals surface area contributed by atoms with E-state index < -0.39 is 0 Å². The molecule has 3 heterocycles. The molecular formula is C63H40N4O. The van der Waals surface area contributed by atoms with Crippen LogP contribution in [0.15, 0.2) is 247 Å². The molecule has 10 aromatic carbocycles. The van der Waals surface area contributed by atoms with Crippen molar-refractivity contribution in [3.8, 4) is 84.4 Å². The highest BCUT2D eigenvalue weighted by atomic mass is 16.3. The number of furan rings is 1. The number of para-hydroxylation sites is 3. The molecule has 13 rings (SSSR count). The van der Waals surface area contributed by atoms with Crippen LogP contribution in [0.3, 0.4) is 0 Å². The van der Waals surface area contributed by atoms with Gasteiger partial charge in [0.2, 0.25) is 0 Å². The van der Waals surface area contributed by atoms with Crippen molar-refractivity contribution in [3.05, 3.63) is 243 Å². The monoisotopic (exact) mass is 868 g/mol. The van der Waals surface area contributed by atoms with E-state index in [1.54, 1.807) is 0 Å². The van der Waals surface area contributed by atoms with Crippen LogP contribution in [0.25, 0.3) is 128 Å². The summed E-state index contributed by atoms with van der Waals surface area (Å²) in [6, 6.07) is 85.1. The van der Waals surface area contributed by atoms with Crippen molar-refractivity contribution in [2.45, 2.75) is 0 Å². The fourth-order valence-electron chi connectivity index (χ4n) is 9.88. The molecule has 0 amide bonds. The lowest BCUT2D eigenvalue weighted by Gasteiger charge is -2.16. The van der Waals surface area contributed by atoms with Crippen LogP contribution in [0.1, 0.15) is 0 Å². The van der Waals surface area contributed by atoms with Crippen molar-refractivity contribution in [2.75, 3.05) is 0 Å². The number of hydrogen-bond acceptors (Lipinski definition) is 4. The third-order valence-electron chi connectivity index (χ3n) is 13.1. The van der Waals surface area contributed by atoms with Gasteiger partial charge in [-0.15, -0.1) is 0 Å². The summed E-state index contributed by atoms with van der Waals surface area (Å²) >= 11 is 0. The van der Waals surface area contributed by atoms with E-state index >= 15 is 0 Å². The molecule has 0 unspecified atom stereocenters. The Morgan fingerprint density at radius 1 is 0.279 bits per heavy atom. The molecule has 0 aliphatic rings. The van der Waals surface area contributed by atoms with Crippen molar-refractivity contribution in [2.24, 2.45) is 0 Å². The van der Waals surface area contributed by atoms with Crippen LogP contribution >= 0.6 is 0 Å². The van der Waals surface area contributed by atoms with Crippen LogP contribution < -0.4 is 0 Å². The van der Waals surface area contributed by atoms with Gasteiger partial charge in [0.25, 0.3) is 0 Å². The minimum Gasteiger partial charge on any atom is -0.453 e. The first kappa shape index (κ1) is 39.2. The summed E-state index contributed by atoms with van der Waals surface area (Å²) in [5, 5.41) is 4.41. The number of hydrogen-bond donors (Lipinski definition) is 0. The average Bonchev–Trinajstić information content (AvgIpc) is 3.98. The first-order valence-corrected chi connectivity index (χ1v) is 22.9. The zero-order chi connectivity index (χ0) is 45.0. The standard InChI is InChI=1S/C63H40N4O/c1-6-19-41(20-7-1)48-35-33-45(39-55(48)42-21-8-2-9-22-42)46-34-36-49(56(40-46)63-65-61(43-23-10-3-11-24-43)64-62(66-63)44-25-12-4-13-26-44)52-30-18-31-53-54-38-37-51-50-29-16-17-32-57(50)67(47-27-14-5-15-28-47)58(51)60(54)68-59(52)53/h1-40H. The van der Waals surface area contributed by atoms with E-state index in [9.17, 15) is 0 Å². The number of nitrogens with zero attached hydrogens (tertiary/aromatic N) is 4. The predicted molar refractivity (Wildman–Crippen MR) is 279 cm³/mol. The zero-order valence-electron chi connectivity index (χ0n) is 36.8. The lowest BCUT2D eigenvalue weighted by atomic mass is 9.89. The maximum atomic E-state index is 7.28. The Balaban J connectivity index is 1.08. The molecule has 0 saturated carbocycles. The zero-order valence-corrected chi connectivity index (χ0v) is 36.8. The average molecular weight is 869 g/mol. The Labute approximate surface area is 392 Å². The van der Waals surface area contributed by atoms with Gasteiger partial charge in [0.15, 0.2) is 23.1 Å². The third kappa shape index (κ3) is 6.68. The maximum absolute atomic E-state index is 7.28. The van der Waals surface area contributed by atoms with Gasteiger partial charge in [-0.2, -0.15) is 0 Å². The van der Waals surface area contributed by atoms with Gasteiger partial charge in [0.05, 0.1) is 11.0 Å². The van der Waals surface area contributed by atoms with Gasteiger partial charge in [-0.25, -0.2) is 15.0 Å². The van der Waals surface area contributed by atoms with E-state index in [0.29, 0.717) is 17.5 Å². The summed E-state index contributed by atoms with van der Waals surface area (Å²) in [4.78, 5) is 15.7. The van der Waals surface area contributed by atoms with E-state index in [1.807, 2.05) is 36.4 Å². The predicted octanol–water partition coefficient (Wildman–Crippen LogP) is 16.5. The second-order valence-electron chi connectivity index (χ2n) is 17.1. The normalized spacial score (nSPS) is 11.5. The SMILES string of the molecule is c1ccc(-c2nc(-c3ccccc3)nc(-c3cc(-c4ccc(-c5ccccc5)c(-c5ccccc5)c4)ccc3-c3cccc4c3oc3c4ccc4c5ccccc5n(-c5ccccc5)c43)n2)cc1. The summed E-state index contributed by atoms with van der Waals surface area (Å²) in [5.74, 6) is 1.77. The van der Waals surface area contributed by atoms with Gasteiger partial charge in [0.1, 0.15) is 5.58 Å². The highest BCUT2D eigenvalue weighted by Gasteiger charge is 2.23. The Morgan fingerprint density at radius 2 is 0.765 bits per heavy atom. The largest absolute Gasteiger partial charge is 0.453 e. The van der Waals surface area contributed by atoms with Gasteiger partial charge >= 0.3 is 0 Å². The van der Waals surface area contributed by atoms with Crippen molar-refractivity contribution < 1.29 is 4.42 Å². The summed E-state index contributed by atoms with van der Waals surface area (Å²) in [6.45, 7) is 0. The molecular weight excluding hydrogens is 829 g/mol. The summed E-state index contributed by atoms with van der Waals surface area (Å²) in [7, 11) is 0. The number of benzene rings is 10. The lowest BCUT2D eigenvalue weighted by Crippen LogP contribution is -2.01. The Kier molecular flexibility index (Phi) is 9.43. The maximum Gasteiger partial charge on any atom is 0.164 e. The molecule has 5 heteroatoms. The first-order chi connectivity index (χ1) is 33.7. The van der Waals surface area contributed by atoms with Crippen LogP contribution in [-0.4, -0.2) is 19.5 Å². The van der Waals surface area contributed by atoms with Crippen LogP contribution in [0, 0.1) is 0 Å². The molecule has 318 valence electrons. The Bertz CT molecular complexity index is 3940. The molecule has 5 nitrogen and oxygen atoms in total. The molecule has 0 radical (unpaired) electrons. The van der Waals surface area contributed by atoms with Gasteiger partial charge in [0, 0.05) is 49.5 Å². The van der Waals surface area contributed by atoms with Gasteiger partial charge in [-0.05, 0) is 75.3 Å². The molecule has 0 N–H and O–H groups in total. The van der Waals surface area contributed by atoms with Gasteiger partial charge in [-0.1, -0.05) is 206 Å². The minimum absolute atomic E-state index is 0.568. The van der Waals surface area contributed by atoms with Crippen LogP contribution in [0.2, 0.25) is 0 Å². The van der Waals surface area contributed by atoms with E-state index in [0.717, 1.165) is 94.1 Å². The Hall–Kier alpha value is -9.19. The second kappa shape index (κ2) is 16.4. The Morgan fingerprint density at radius 3 is 1.41 bits per heavy atom. The van der Waals surface area contributed by atoms with E-state index in [2.05, 4.69) is 211 Å². The summed E-state index contributed by atoms with van der Waals surface area (Å²) < 4.78 is 9.62. The van der Waals surface area contributed by atoms with Crippen molar-refractivity contribution in [1.82, 2.24) is 19.5 Å². The molecule has 68 heavy (non-hydrogen) atoms. The molecule has 13 aromatic rings. The molecule has 0 spiro atoms. The first-order valence-electron chi connectivity index (χ1n) is 22.9. The fourth-order valence-corrected chi connectivity index (χ4v) is 9.88. The molecule has 0 bridgehead atoms. The quantitative estimate of drug-likeness (QED) is 0.153. The van der Waals surface area contributed by atoms with Gasteiger partial charge < -0.3 is 8.98 Å². The smallest absolute Gasteiger partial charge is 0.164 e. The van der Waals surface area contributed by atoms with Crippen LogP contribution in [-0.2, 0) is 0 Å². The second-order valence-corrected chi connectivity index (χ2v) is 17.1. The lowest BCUT2D eigenvalue weighted by molar-refractivity contribution is 0.672. The molecule has 0 saturated heterocycles. The van der Waals surface area contributed by atoms with E-state index in [-0.39, 0.29) is 0 Å². The number of aromatic nitrogens is 4. The third-order valence-corrected chi connectivity index (χ3v) is 13.1. The van der Waals surface area contributed by atoms with Crippen LogP contribution in [0.4, 0.5) is 0 Å². The number of fused-ring (bicyclic) bond motifs is 7. The van der Waals surface area contributed by atoms with Gasteiger partial charge in [-0.3, -0.25) is 0 Å². The summed E-state index contributed by atoms with van der Waals surface area (Å²) in [5.41, 5.74) is 16.2.